The van der Waals surface area contributed by atoms with E-state index in [0.29, 0.717) is 12.5 Å². The Bertz CT molecular complexity index is 128. The van der Waals surface area contributed by atoms with Gasteiger partial charge in [0.2, 0.25) is 0 Å². The fraction of sp³-hybridized carbons (Fsp3) is 1.00. The molecule has 0 aromatic rings. The van der Waals surface area contributed by atoms with Gasteiger partial charge in [0.1, 0.15) is 0 Å². The highest BCUT2D eigenvalue weighted by atomic mass is 16.3. The van der Waals surface area contributed by atoms with Crippen LogP contribution < -0.4 is 0 Å². The highest BCUT2D eigenvalue weighted by molar-refractivity contribution is 4.53. The molecule has 0 aromatic carbocycles. The Morgan fingerprint density at radius 2 is 1.12 bits per heavy atom. The van der Waals surface area contributed by atoms with Gasteiger partial charge in [-0.25, -0.2) is 0 Å². The average molecular weight is 242 g/mol. The molecule has 0 saturated heterocycles. The minimum absolute atomic E-state index is 0.357. The average Bonchev–Trinajstić information content (AvgIpc) is 2.35. The summed E-state index contributed by atoms with van der Waals surface area (Å²) in [5, 5.41) is 8.90. The smallest absolute Gasteiger partial charge is 0.0456 e. The monoisotopic (exact) mass is 242 g/mol. The van der Waals surface area contributed by atoms with Gasteiger partial charge in [-0.15, -0.1) is 0 Å². The van der Waals surface area contributed by atoms with Gasteiger partial charge in [0.15, 0.2) is 0 Å². The zero-order valence-electron chi connectivity index (χ0n) is 12.4. The molecule has 0 fully saturated rings. The van der Waals surface area contributed by atoms with Gasteiger partial charge in [0.25, 0.3) is 0 Å². The van der Waals surface area contributed by atoms with E-state index in [0.717, 1.165) is 5.92 Å². The summed E-state index contributed by atoms with van der Waals surface area (Å²) in [6.45, 7) is 7.14. The van der Waals surface area contributed by atoms with E-state index in [1.54, 1.807) is 0 Å². The quantitative estimate of drug-likeness (QED) is 0.468. The third kappa shape index (κ3) is 12.2. The van der Waals surface area contributed by atoms with Crippen molar-refractivity contribution in [2.45, 2.75) is 85.0 Å². The van der Waals surface area contributed by atoms with E-state index in [2.05, 4.69) is 20.8 Å². The van der Waals surface area contributed by atoms with E-state index in [1.807, 2.05) is 0 Å². The zero-order valence-corrected chi connectivity index (χ0v) is 12.4. The lowest BCUT2D eigenvalue weighted by Crippen LogP contribution is -1.99. The third-order valence-electron chi connectivity index (χ3n) is 3.90. The van der Waals surface area contributed by atoms with Gasteiger partial charge in [0.05, 0.1) is 0 Å². The van der Waals surface area contributed by atoms with Gasteiger partial charge in [-0.05, 0) is 18.3 Å². The van der Waals surface area contributed by atoms with Gasteiger partial charge in [0, 0.05) is 6.61 Å². The van der Waals surface area contributed by atoms with Crippen molar-refractivity contribution in [3.63, 3.8) is 0 Å². The van der Waals surface area contributed by atoms with Crippen LogP contribution in [-0.2, 0) is 0 Å². The molecule has 0 heterocycles. The van der Waals surface area contributed by atoms with Crippen LogP contribution in [0.5, 0.6) is 0 Å². The van der Waals surface area contributed by atoms with Crippen molar-refractivity contribution in [3.8, 4) is 0 Å². The highest BCUT2D eigenvalue weighted by Gasteiger charge is 2.00. The van der Waals surface area contributed by atoms with E-state index in [-0.39, 0.29) is 0 Å². The summed E-state index contributed by atoms with van der Waals surface area (Å²) >= 11 is 0. The van der Waals surface area contributed by atoms with Gasteiger partial charge >= 0.3 is 0 Å². The predicted molar refractivity (Wildman–Crippen MR) is 77.3 cm³/mol. The molecule has 1 nitrogen and oxygen atoms in total. The molecule has 0 aliphatic carbocycles. The number of hydrogen-bond donors (Lipinski definition) is 1. The first-order valence-electron chi connectivity index (χ1n) is 7.81. The predicted octanol–water partition coefficient (Wildman–Crippen LogP) is 5.17. The minimum Gasteiger partial charge on any atom is -0.396 e. The molecule has 0 amide bonds. The Kier molecular flexibility index (Phi) is 12.4. The number of aliphatic hydroxyl groups excluding tert-OH is 1. The fourth-order valence-corrected chi connectivity index (χ4v) is 2.16. The molecule has 0 bridgehead atoms. The standard InChI is InChI=1S/C16H34O/c1-4-15(2)12-10-8-6-5-7-9-11-13-16(3)14-17/h15-17H,4-14H2,1-3H3. The van der Waals surface area contributed by atoms with E-state index >= 15 is 0 Å². The van der Waals surface area contributed by atoms with Crippen LogP contribution in [0.1, 0.15) is 85.0 Å². The Balaban J connectivity index is 3.04. The maximum atomic E-state index is 8.90. The second kappa shape index (κ2) is 12.4. The third-order valence-corrected chi connectivity index (χ3v) is 3.90. The lowest BCUT2D eigenvalue weighted by atomic mass is 9.99. The summed E-state index contributed by atoms with van der Waals surface area (Å²) in [6, 6.07) is 0. The lowest BCUT2D eigenvalue weighted by molar-refractivity contribution is 0.227. The van der Waals surface area contributed by atoms with Crippen LogP contribution in [0.15, 0.2) is 0 Å². The molecule has 0 spiro atoms. The molecule has 104 valence electrons. The van der Waals surface area contributed by atoms with Crippen molar-refractivity contribution in [2.24, 2.45) is 11.8 Å². The maximum Gasteiger partial charge on any atom is 0.0456 e. The van der Waals surface area contributed by atoms with Crippen molar-refractivity contribution in [1.29, 1.82) is 0 Å². The van der Waals surface area contributed by atoms with Crippen molar-refractivity contribution in [1.82, 2.24) is 0 Å². The van der Waals surface area contributed by atoms with Gasteiger partial charge in [-0.1, -0.05) is 78.6 Å². The number of rotatable bonds is 12. The second-order valence-electron chi connectivity index (χ2n) is 5.85. The van der Waals surface area contributed by atoms with Gasteiger partial charge in [-0.3, -0.25) is 0 Å². The Hall–Kier alpha value is -0.0400. The Morgan fingerprint density at radius 3 is 1.53 bits per heavy atom. The number of unbranched alkanes of at least 4 members (excludes halogenated alkanes) is 6. The first-order chi connectivity index (χ1) is 8.20. The van der Waals surface area contributed by atoms with E-state index in [1.165, 1.54) is 64.2 Å². The van der Waals surface area contributed by atoms with Crippen LogP contribution in [0.3, 0.4) is 0 Å². The summed E-state index contributed by atoms with van der Waals surface area (Å²) < 4.78 is 0. The van der Waals surface area contributed by atoms with Crippen molar-refractivity contribution < 1.29 is 5.11 Å². The summed E-state index contributed by atoms with van der Waals surface area (Å²) in [7, 11) is 0. The molecule has 2 unspecified atom stereocenters. The second-order valence-corrected chi connectivity index (χ2v) is 5.85. The zero-order chi connectivity index (χ0) is 12.9. The van der Waals surface area contributed by atoms with Crippen LogP contribution in [-0.4, -0.2) is 11.7 Å². The normalized spacial score (nSPS) is 14.8. The molecule has 1 N–H and O–H groups in total. The molecule has 2 atom stereocenters. The largest absolute Gasteiger partial charge is 0.396 e. The van der Waals surface area contributed by atoms with Crippen molar-refractivity contribution in [3.05, 3.63) is 0 Å². The summed E-state index contributed by atoms with van der Waals surface area (Å²) in [5.74, 6) is 1.43. The molecule has 0 rings (SSSR count). The van der Waals surface area contributed by atoms with Crippen LogP contribution in [0.2, 0.25) is 0 Å². The maximum absolute atomic E-state index is 8.90. The first kappa shape index (κ1) is 17.0. The summed E-state index contributed by atoms with van der Waals surface area (Å²) in [4.78, 5) is 0. The Morgan fingerprint density at radius 1 is 0.706 bits per heavy atom. The van der Waals surface area contributed by atoms with Crippen LogP contribution in [0.4, 0.5) is 0 Å². The highest BCUT2D eigenvalue weighted by Crippen LogP contribution is 2.15. The lowest BCUT2D eigenvalue weighted by Gasteiger charge is -2.08. The fourth-order valence-electron chi connectivity index (χ4n) is 2.16. The topological polar surface area (TPSA) is 20.2 Å². The first-order valence-corrected chi connectivity index (χ1v) is 7.81. The molecular formula is C16H34O. The van der Waals surface area contributed by atoms with Crippen LogP contribution in [0.25, 0.3) is 0 Å². The minimum atomic E-state index is 0.357. The van der Waals surface area contributed by atoms with Crippen LogP contribution >= 0.6 is 0 Å². The number of aliphatic hydroxyl groups is 1. The molecule has 17 heavy (non-hydrogen) atoms. The Labute approximate surface area is 109 Å². The van der Waals surface area contributed by atoms with Crippen molar-refractivity contribution in [2.75, 3.05) is 6.61 Å². The molecule has 1 heteroatoms. The number of hydrogen-bond acceptors (Lipinski definition) is 1. The van der Waals surface area contributed by atoms with Gasteiger partial charge in [-0.2, -0.15) is 0 Å². The molecule has 0 aliphatic heterocycles. The molecular weight excluding hydrogens is 208 g/mol. The summed E-state index contributed by atoms with van der Waals surface area (Å²) in [6.07, 6.45) is 13.7. The van der Waals surface area contributed by atoms with Crippen molar-refractivity contribution >= 4 is 0 Å². The van der Waals surface area contributed by atoms with Gasteiger partial charge < -0.3 is 5.11 Å². The molecule has 0 aromatic heterocycles. The summed E-state index contributed by atoms with van der Waals surface area (Å²) in [5.41, 5.74) is 0. The van der Waals surface area contributed by atoms with E-state index < -0.39 is 0 Å². The van der Waals surface area contributed by atoms with E-state index in [9.17, 15) is 0 Å². The molecule has 0 saturated carbocycles. The molecule has 0 radical (unpaired) electrons. The SMILES string of the molecule is CCC(C)CCCCCCCCCC(C)CO. The molecule has 0 aliphatic rings. The van der Waals surface area contributed by atoms with Crippen LogP contribution in [0, 0.1) is 11.8 Å². The van der Waals surface area contributed by atoms with E-state index in [4.69, 9.17) is 5.11 Å².